The molecule has 0 amide bonds. The number of hydrazone groups is 1. The second kappa shape index (κ2) is 4.74. The highest BCUT2D eigenvalue weighted by Gasteiger charge is 2.36. The van der Waals surface area contributed by atoms with Crippen LogP contribution in [-0.4, -0.2) is 43.0 Å². The summed E-state index contributed by atoms with van der Waals surface area (Å²) >= 11 is 0. The Morgan fingerprint density at radius 3 is 3.11 bits per heavy atom. The first-order valence-electron chi connectivity index (χ1n) is 6.56. The van der Waals surface area contributed by atoms with E-state index >= 15 is 0 Å². The summed E-state index contributed by atoms with van der Waals surface area (Å²) in [6.45, 7) is 2.09. The van der Waals surface area contributed by atoms with Crippen LogP contribution in [-0.2, 0) is 0 Å². The monoisotopic (exact) mass is 261 g/mol. The number of phenols is 1. The Balaban J connectivity index is 1.87. The van der Waals surface area contributed by atoms with Crippen LogP contribution < -0.4 is 10.2 Å². The van der Waals surface area contributed by atoms with Gasteiger partial charge in [-0.1, -0.05) is 6.07 Å². The van der Waals surface area contributed by atoms with Gasteiger partial charge in [0.15, 0.2) is 11.5 Å². The molecule has 19 heavy (non-hydrogen) atoms. The minimum Gasteiger partial charge on any atom is -0.504 e. The molecule has 0 aliphatic carbocycles. The van der Waals surface area contributed by atoms with Crippen LogP contribution in [0.15, 0.2) is 23.3 Å². The van der Waals surface area contributed by atoms with Gasteiger partial charge in [-0.25, -0.2) is 0 Å². The third kappa shape index (κ3) is 2.14. The highest BCUT2D eigenvalue weighted by molar-refractivity contribution is 5.89. The first-order valence-corrected chi connectivity index (χ1v) is 6.56. The molecule has 1 aromatic carbocycles. The number of nitrogens with one attached hydrogen (secondary N) is 1. The number of methoxy groups -OCH3 is 1. The molecule has 0 radical (unpaired) electrons. The fourth-order valence-corrected chi connectivity index (χ4v) is 2.90. The van der Waals surface area contributed by atoms with Crippen molar-refractivity contribution in [3.8, 4) is 11.5 Å². The minimum absolute atomic E-state index is 0.172. The number of fused-ring (bicyclic) bond motifs is 1. The van der Waals surface area contributed by atoms with Gasteiger partial charge in [0.25, 0.3) is 0 Å². The van der Waals surface area contributed by atoms with E-state index in [1.165, 1.54) is 5.71 Å². The molecule has 2 N–H and O–H groups in total. The Bertz CT molecular complexity index is 515. The summed E-state index contributed by atoms with van der Waals surface area (Å²) in [4.78, 5) is 2.33. The van der Waals surface area contributed by atoms with Gasteiger partial charge >= 0.3 is 0 Å². The number of nitrogens with zero attached hydrogens (tertiary/aromatic N) is 2. The second-order valence-electron chi connectivity index (χ2n) is 5.26. The van der Waals surface area contributed by atoms with E-state index in [0.29, 0.717) is 11.7 Å². The number of piperidine rings is 1. The molecule has 0 aromatic heterocycles. The molecule has 0 bridgehead atoms. The van der Waals surface area contributed by atoms with Crippen LogP contribution in [0.25, 0.3) is 0 Å². The average Bonchev–Trinajstić information content (AvgIpc) is 2.82. The summed E-state index contributed by atoms with van der Waals surface area (Å²) in [5, 5.41) is 14.1. The summed E-state index contributed by atoms with van der Waals surface area (Å²) in [6.07, 6.45) is 1.03. The third-order valence-electron chi connectivity index (χ3n) is 4.00. The van der Waals surface area contributed by atoms with Crippen LogP contribution in [0.1, 0.15) is 18.0 Å². The van der Waals surface area contributed by atoms with E-state index in [1.807, 2.05) is 12.1 Å². The van der Waals surface area contributed by atoms with Gasteiger partial charge in [-0.05, 0) is 24.7 Å². The first-order chi connectivity index (χ1) is 9.19. The number of phenolic OH excluding ortho intramolecular Hbond substituents is 1. The summed E-state index contributed by atoms with van der Waals surface area (Å²) in [6, 6.07) is 5.68. The van der Waals surface area contributed by atoms with Crippen LogP contribution in [0.2, 0.25) is 0 Å². The maximum Gasteiger partial charge on any atom is 0.160 e. The largest absolute Gasteiger partial charge is 0.504 e. The SMILES string of the molecule is COc1cc(C2NN=C3CCN(C)CC32)ccc1O. The summed E-state index contributed by atoms with van der Waals surface area (Å²) in [7, 11) is 3.71. The Kier molecular flexibility index (Phi) is 3.06. The van der Waals surface area contributed by atoms with Crippen LogP contribution in [0.4, 0.5) is 0 Å². The van der Waals surface area contributed by atoms with Crippen LogP contribution in [0, 0.1) is 5.92 Å². The molecule has 2 aliphatic rings. The number of ether oxygens (including phenoxy) is 1. The summed E-state index contributed by atoms with van der Waals surface area (Å²) < 4.78 is 5.18. The van der Waals surface area contributed by atoms with Crippen LogP contribution in [0.3, 0.4) is 0 Å². The molecule has 0 saturated carbocycles. The highest BCUT2D eigenvalue weighted by atomic mass is 16.5. The predicted octanol–water partition coefficient (Wildman–Crippen LogP) is 1.35. The van der Waals surface area contributed by atoms with Gasteiger partial charge in [0.1, 0.15) is 0 Å². The van der Waals surface area contributed by atoms with Gasteiger partial charge < -0.3 is 20.2 Å². The van der Waals surface area contributed by atoms with Crippen molar-refractivity contribution >= 4 is 5.71 Å². The van der Waals surface area contributed by atoms with Gasteiger partial charge in [-0.2, -0.15) is 5.10 Å². The smallest absolute Gasteiger partial charge is 0.160 e. The Hall–Kier alpha value is -1.75. The van der Waals surface area contributed by atoms with Crippen molar-refractivity contribution in [1.29, 1.82) is 0 Å². The fraction of sp³-hybridized carbons (Fsp3) is 0.500. The topological polar surface area (TPSA) is 57.1 Å². The number of hydrogen-bond acceptors (Lipinski definition) is 5. The lowest BCUT2D eigenvalue weighted by Gasteiger charge is -2.31. The number of likely N-dealkylation sites (tertiary alicyclic amines) is 1. The average molecular weight is 261 g/mol. The Morgan fingerprint density at radius 1 is 1.47 bits per heavy atom. The van der Waals surface area contributed by atoms with Crippen molar-refractivity contribution in [2.75, 3.05) is 27.2 Å². The lowest BCUT2D eigenvalue weighted by Crippen LogP contribution is -2.39. The van der Waals surface area contributed by atoms with E-state index in [4.69, 9.17) is 4.74 Å². The number of aromatic hydroxyl groups is 1. The zero-order chi connectivity index (χ0) is 13.4. The fourth-order valence-electron chi connectivity index (χ4n) is 2.90. The van der Waals surface area contributed by atoms with Crippen molar-refractivity contribution in [2.45, 2.75) is 12.5 Å². The number of hydrogen-bond donors (Lipinski definition) is 2. The van der Waals surface area contributed by atoms with Gasteiger partial charge in [0.05, 0.1) is 13.2 Å². The van der Waals surface area contributed by atoms with E-state index < -0.39 is 0 Å². The lowest BCUT2D eigenvalue weighted by atomic mass is 9.86. The highest BCUT2D eigenvalue weighted by Crippen LogP contribution is 2.35. The molecular formula is C14H19N3O2. The predicted molar refractivity (Wildman–Crippen MR) is 73.6 cm³/mol. The molecule has 2 unspecified atom stereocenters. The van der Waals surface area contributed by atoms with Gasteiger partial charge in [-0.3, -0.25) is 0 Å². The van der Waals surface area contributed by atoms with E-state index in [0.717, 1.165) is 25.1 Å². The van der Waals surface area contributed by atoms with E-state index in [1.54, 1.807) is 13.2 Å². The zero-order valence-electron chi connectivity index (χ0n) is 11.3. The van der Waals surface area contributed by atoms with Gasteiger partial charge in [0.2, 0.25) is 0 Å². The van der Waals surface area contributed by atoms with Gasteiger partial charge in [-0.15, -0.1) is 0 Å². The van der Waals surface area contributed by atoms with Crippen molar-refractivity contribution in [1.82, 2.24) is 10.3 Å². The maximum absolute atomic E-state index is 9.67. The molecule has 2 atom stereocenters. The molecule has 5 heteroatoms. The molecule has 1 aromatic rings. The van der Waals surface area contributed by atoms with Crippen LogP contribution >= 0.6 is 0 Å². The molecule has 2 heterocycles. The first kappa shape index (κ1) is 12.3. The second-order valence-corrected chi connectivity index (χ2v) is 5.26. The standard InChI is InChI=1S/C14H19N3O2/c1-17-6-5-11-10(8-17)14(16-15-11)9-3-4-12(18)13(7-9)19-2/h3-4,7,10,14,16,18H,5-6,8H2,1-2H3. The van der Waals surface area contributed by atoms with Crippen molar-refractivity contribution in [3.05, 3.63) is 23.8 Å². The summed E-state index contributed by atoms with van der Waals surface area (Å²) in [5.41, 5.74) is 5.60. The quantitative estimate of drug-likeness (QED) is 0.844. The van der Waals surface area contributed by atoms with Crippen LogP contribution in [0.5, 0.6) is 11.5 Å². The van der Waals surface area contributed by atoms with Crippen molar-refractivity contribution < 1.29 is 9.84 Å². The normalized spacial score (nSPS) is 26.5. The minimum atomic E-state index is 0.172. The summed E-state index contributed by atoms with van der Waals surface area (Å²) in [5.74, 6) is 1.09. The molecule has 2 aliphatic heterocycles. The van der Waals surface area contributed by atoms with Crippen molar-refractivity contribution in [2.24, 2.45) is 11.0 Å². The third-order valence-corrected chi connectivity index (χ3v) is 4.00. The molecule has 3 rings (SSSR count). The maximum atomic E-state index is 9.67. The van der Waals surface area contributed by atoms with E-state index in [-0.39, 0.29) is 11.8 Å². The van der Waals surface area contributed by atoms with Gasteiger partial charge in [0, 0.05) is 31.1 Å². The van der Waals surface area contributed by atoms with E-state index in [2.05, 4.69) is 22.5 Å². The molecule has 102 valence electrons. The number of benzene rings is 1. The molecule has 0 spiro atoms. The molecular weight excluding hydrogens is 242 g/mol. The zero-order valence-corrected chi connectivity index (χ0v) is 11.3. The Morgan fingerprint density at radius 2 is 2.32 bits per heavy atom. The lowest BCUT2D eigenvalue weighted by molar-refractivity contribution is 0.272. The number of rotatable bonds is 2. The molecule has 1 fully saturated rings. The molecule has 1 saturated heterocycles. The van der Waals surface area contributed by atoms with E-state index in [9.17, 15) is 5.11 Å². The Labute approximate surface area is 112 Å². The molecule has 5 nitrogen and oxygen atoms in total. The van der Waals surface area contributed by atoms with Crippen molar-refractivity contribution in [3.63, 3.8) is 0 Å².